The maximum Gasteiger partial charge on any atom is 0.318 e. The summed E-state index contributed by atoms with van der Waals surface area (Å²) in [4.78, 5) is 17.7. The summed E-state index contributed by atoms with van der Waals surface area (Å²) in [5.74, 6) is 0.916. The van der Waals surface area contributed by atoms with Gasteiger partial charge in [-0.15, -0.1) is 0 Å². The number of carbonyl (C=O) groups is 1. The maximum atomic E-state index is 13.2. The molecule has 170 valence electrons. The van der Waals surface area contributed by atoms with Gasteiger partial charge in [0.15, 0.2) is 0 Å². The first-order valence-corrected chi connectivity index (χ1v) is 11.8. The van der Waals surface area contributed by atoms with Gasteiger partial charge in [0.1, 0.15) is 17.9 Å². The lowest BCUT2D eigenvalue weighted by atomic mass is 9.83. The predicted molar refractivity (Wildman–Crippen MR) is 130 cm³/mol. The fraction of sp³-hybridized carbons (Fsp3) is 0.321. The number of carbonyl (C=O) groups excluding carboxylic acids is 1. The van der Waals surface area contributed by atoms with Gasteiger partial charge < -0.3 is 15.0 Å². The highest BCUT2D eigenvalue weighted by atomic mass is 16.5. The van der Waals surface area contributed by atoms with Crippen LogP contribution in [0.15, 0.2) is 91.0 Å². The van der Waals surface area contributed by atoms with Crippen LogP contribution in [-0.4, -0.2) is 54.7 Å². The number of likely N-dealkylation sites (tertiary alicyclic amines) is 1. The second kappa shape index (κ2) is 9.67. The molecule has 2 fully saturated rings. The molecule has 0 aromatic heterocycles. The second-order valence-electron chi connectivity index (χ2n) is 8.93. The second-order valence-corrected chi connectivity index (χ2v) is 8.93. The minimum absolute atomic E-state index is 0.0357. The van der Waals surface area contributed by atoms with Crippen molar-refractivity contribution >= 4 is 6.03 Å². The first kappa shape index (κ1) is 21.5. The fourth-order valence-electron chi connectivity index (χ4n) is 5.12. The van der Waals surface area contributed by atoms with Gasteiger partial charge in [-0.05, 0) is 36.1 Å². The smallest absolute Gasteiger partial charge is 0.318 e. The molecule has 0 aliphatic carbocycles. The van der Waals surface area contributed by atoms with Crippen molar-refractivity contribution < 1.29 is 9.53 Å². The summed E-state index contributed by atoms with van der Waals surface area (Å²) in [5, 5.41) is 3.36. The number of nitrogens with zero attached hydrogens (tertiary/aromatic N) is 2. The minimum atomic E-state index is -0.514. The first-order valence-electron chi connectivity index (χ1n) is 11.8. The SMILES string of the molecule is O=C1NC(c2ccccc2)(c2ccccc2)CN1C1CCN(CCOc2ccccc2)CC1. The van der Waals surface area contributed by atoms with Crippen LogP contribution in [0.4, 0.5) is 4.79 Å². The van der Waals surface area contributed by atoms with Crippen LogP contribution >= 0.6 is 0 Å². The molecule has 3 aromatic rings. The monoisotopic (exact) mass is 441 g/mol. The summed E-state index contributed by atoms with van der Waals surface area (Å²) in [7, 11) is 0. The van der Waals surface area contributed by atoms with Crippen molar-refractivity contribution in [3.8, 4) is 5.75 Å². The molecule has 5 heteroatoms. The molecule has 0 spiro atoms. The van der Waals surface area contributed by atoms with Crippen LogP contribution in [0.1, 0.15) is 24.0 Å². The third-order valence-corrected chi connectivity index (χ3v) is 6.94. The van der Waals surface area contributed by atoms with Gasteiger partial charge in [0.25, 0.3) is 0 Å². The Morgan fingerprint density at radius 2 is 1.36 bits per heavy atom. The van der Waals surface area contributed by atoms with Gasteiger partial charge in [0.2, 0.25) is 0 Å². The van der Waals surface area contributed by atoms with Crippen LogP contribution < -0.4 is 10.1 Å². The average molecular weight is 442 g/mol. The Kier molecular flexibility index (Phi) is 6.31. The number of ether oxygens (including phenoxy) is 1. The highest BCUT2D eigenvalue weighted by molar-refractivity contribution is 5.80. The molecular weight excluding hydrogens is 410 g/mol. The molecule has 2 heterocycles. The molecule has 0 saturated carbocycles. The van der Waals surface area contributed by atoms with Crippen molar-refractivity contribution in [3.63, 3.8) is 0 Å². The predicted octanol–water partition coefficient (Wildman–Crippen LogP) is 4.50. The van der Waals surface area contributed by atoms with Crippen molar-refractivity contribution in [1.29, 1.82) is 0 Å². The van der Waals surface area contributed by atoms with Crippen LogP contribution in [-0.2, 0) is 5.54 Å². The van der Waals surface area contributed by atoms with E-state index in [1.165, 1.54) is 0 Å². The third kappa shape index (κ3) is 4.60. The van der Waals surface area contributed by atoms with Crippen molar-refractivity contribution in [3.05, 3.63) is 102 Å². The summed E-state index contributed by atoms with van der Waals surface area (Å²) < 4.78 is 5.86. The molecule has 3 aromatic carbocycles. The lowest BCUT2D eigenvalue weighted by molar-refractivity contribution is 0.120. The van der Waals surface area contributed by atoms with Crippen molar-refractivity contribution in [2.45, 2.75) is 24.4 Å². The third-order valence-electron chi connectivity index (χ3n) is 6.94. The van der Waals surface area contributed by atoms with E-state index in [2.05, 4.69) is 39.4 Å². The zero-order valence-electron chi connectivity index (χ0n) is 18.9. The normalized spacial score (nSPS) is 18.8. The zero-order valence-corrected chi connectivity index (χ0v) is 18.9. The van der Waals surface area contributed by atoms with Gasteiger partial charge in [0.05, 0.1) is 6.54 Å². The molecule has 2 amide bonds. The van der Waals surface area contributed by atoms with Crippen molar-refractivity contribution in [1.82, 2.24) is 15.1 Å². The quantitative estimate of drug-likeness (QED) is 0.587. The Hall–Kier alpha value is -3.31. The molecular formula is C28H31N3O2. The van der Waals surface area contributed by atoms with E-state index in [0.29, 0.717) is 13.2 Å². The average Bonchev–Trinajstić information content (AvgIpc) is 3.24. The number of para-hydroxylation sites is 1. The zero-order chi connectivity index (χ0) is 22.5. The number of nitrogens with one attached hydrogen (secondary N) is 1. The van der Waals surface area contributed by atoms with Gasteiger partial charge in [-0.25, -0.2) is 4.79 Å². The van der Waals surface area contributed by atoms with E-state index in [4.69, 9.17) is 4.74 Å². The Morgan fingerprint density at radius 3 is 1.94 bits per heavy atom. The number of piperidine rings is 1. The molecule has 0 bridgehead atoms. The van der Waals surface area contributed by atoms with E-state index >= 15 is 0 Å². The van der Waals surface area contributed by atoms with Gasteiger partial charge in [-0.3, -0.25) is 4.90 Å². The summed E-state index contributed by atoms with van der Waals surface area (Å²) in [6.45, 7) is 4.21. The number of amides is 2. The van der Waals surface area contributed by atoms with Gasteiger partial charge >= 0.3 is 6.03 Å². The Labute approximate surface area is 196 Å². The molecule has 1 N–H and O–H groups in total. The largest absolute Gasteiger partial charge is 0.492 e. The number of hydrogen-bond acceptors (Lipinski definition) is 3. The molecule has 33 heavy (non-hydrogen) atoms. The summed E-state index contributed by atoms with van der Waals surface area (Å²) in [6.07, 6.45) is 1.97. The standard InChI is InChI=1S/C28H31N3O2/c32-27-29-28(23-10-4-1-5-11-23,24-12-6-2-7-13-24)22-31(27)25-16-18-30(19-17-25)20-21-33-26-14-8-3-9-15-26/h1-15,25H,16-22H2,(H,29,32). The molecule has 2 saturated heterocycles. The summed E-state index contributed by atoms with van der Waals surface area (Å²) in [5.41, 5.74) is 1.74. The molecule has 2 aliphatic heterocycles. The lowest BCUT2D eigenvalue weighted by Gasteiger charge is -2.37. The lowest BCUT2D eigenvalue weighted by Crippen LogP contribution is -2.47. The van der Waals surface area contributed by atoms with Gasteiger partial charge in [-0.1, -0.05) is 78.9 Å². The van der Waals surface area contributed by atoms with E-state index in [-0.39, 0.29) is 12.1 Å². The summed E-state index contributed by atoms with van der Waals surface area (Å²) in [6, 6.07) is 31.0. The Balaban J connectivity index is 1.23. The Bertz CT molecular complexity index is 995. The molecule has 0 radical (unpaired) electrons. The van der Waals surface area contributed by atoms with Crippen LogP contribution in [0.25, 0.3) is 0 Å². The number of benzene rings is 3. The highest BCUT2D eigenvalue weighted by Gasteiger charge is 2.47. The van der Waals surface area contributed by atoms with E-state index in [1.54, 1.807) is 0 Å². The van der Waals surface area contributed by atoms with Crippen LogP contribution in [0.5, 0.6) is 5.75 Å². The van der Waals surface area contributed by atoms with E-state index in [9.17, 15) is 4.79 Å². The van der Waals surface area contributed by atoms with E-state index in [0.717, 1.165) is 49.4 Å². The van der Waals surface area contributed by atoms with Gasteiger partial charge in [0, 0.05) is 25.7 Å². The van der Waals surface area contributed by atoms with Gasteiger partial charge in [-0.2, -0.15) is 0 Å². The van der Waals surface area contributed by atoms with Crippen LogP contribution in [0, 0.1) is 0 Å². The number of rotatable bonds is 7. The molecule has 2 aliphatic rings. The Morgan fingerprint density at radius 1 is 0.818 bits per heavy atom. The maximum absolute atomic E-state index is 13.2. The van der Waals surface area contributed by atoms with Crippen LogP contribution in [0.2, 0.25) is 0 Å². The first-order chi connectivity index (χ1) is 16.2. The number of urea groups is 1. The van der Waals surface area contributed by atoms with Crippen molar-refractivity contribution in [2.75, 3.05) is 32.8 Å². The number of hydrogen-bond donors (Lipinski definition) is 1. The van der Waals surface area contributed by atoms with E-state index in [1.807, 2.05) is 66.7 Å². The van der Waals surface area contributed by atoms with E-state index < -0.39 is 5.54 Å². The van der Waals surface area contributed by atoms with Crippen molar-refractivity contribution in [2.24, 2.45) is 0 Å². The molecule has 0 atom stereocenters. The molecule has 5 rings (SSSR count). The topological polar surface area (TPSA) is 44.8 Å². The minimum Gasteiger partial charge on any atom is -0.492 e. The highest BCUT2D eigenvalue weighted by Crippen LogP contribution is 2.36. The molecule has 5 nitrogen and oxygen atoms in total. The fourth-order valence-corrected chi connectivity index (χ4v) is 5.12. The molecule has 0 unspecified atom stereocenters. The van der Waals surface area contributed by atoms with Crippen LogP contribution in [0.3, 0.4) is 0 Å². The summed E-state index contributed by atoms with van der Waals surface area (Å²) >= 11 is 0.